The van der Waals surface area contributed by atoms with Crippen LogP contribution in [-0.4, -0.2) is 23.0 Å². The normalized spacial score (nSPS) is 16.6. The molecular weight excluding hydrogens is 207 g/mol. The summed E-state index contributed by atoms with van der Waals surface area (Å²) in [6, 6.07) is 3.87. The number of halogens is 1. The minimum Gasteiger partial charge on any atom is -0.377 e. The molecule has 84 valence electrons. The number of benzene rings is 1. The third-order valence-corrected chi connectivity index (χ3v) is 3.10. The Morgan fingerprint density at radius 2 is 2.31 bits per heavy atom. The Morgan fingerprint density at radius 1 is 1.50 bits per heavy atom. The van der Waals surface area contributed by atoms with Crippen LogP contribution < -0.4 is 0 Å². The van der Waals surface area contributed by atoms with E-state index < -0.39 is 0 Å². The number of nitrogens with zero attached hydrogens (tertiary/aromatic N) is 2. The van der Waals surface area contributed by atoms with Gasteiger partial charge in [0.2, 0.25) is 0 Å². The van der Waals surface area contributed by atoms with E-state index in [0.717, 1.165) is 17.5 Å². The molecule has 0 bridgehead atoms. The molecule has 1 fully saturated rings. The minimum absolute atomic E-state index is 0.180. The topological polar surface area (TPSA) is 27.1 Å². The third-order valence-electron chi connectivity index (χ3n) is 3.10. The second-order valence-corrected chi connectivity index (χ2v) is 4.14. The first-order valence-corrected chi connectivity index (χ1v) is 5.53. The van der Waals surface area contributed by atoms with Crippen molar-refractivity contribution in [2.75, 3.05) is 13.2 Å². The van der Waals surface area contributed by atoms with Crippen LogP contribution in [0.4, 0.5) is 4.39 Å². The van der Waals surface area contributed by atoms with Gasteiger partial charge in [-0.2, -0.15) is 5.10 Å². The van der Waals surface area contributed by atoms with Crippen LogP contribution in [0.25, 0.3) is 10.9 Å². The summed E-state index contributed by atoms with van der Waals surface area (Å²) in [6.07, 6.45) is 2.43. The molecule has 3 nitrogen and oxygen atoms in total. The van der Waals surface area contributed by atoms with Crippen LogP contribution >= 0.6 is 0 Å². The maximum Gasteiger partial charge on any atom is 0.134 e. The van der Waals surface area contributed by atoms with E-state index in [4.69, 9.17) is 4.74 Å². The summed E-state index contributed by atoms with van der Waals surface area (Å²) in [4.78, 5) is 0. The van der Waals surface area contributed by atoms with E-state index in [1.807, 2.05) is 17.7 Å². The average Bonchev–Trinajstić information content (AvgIpc) is 2.60. The number of hydrogen-bond acceptors (Lipinski definition) is 2. The highest BCUT2D eigenvalue weighted by atomic mass is 19.1. The summed E-state index contributed by atoms with van der Waals surface area (Å²) in [5.74, 6) is -0.180. The molecule has 1 aromatic carbocycles. The lowest BCUT2D eigenvalue weighted by Crippen LogP contribution is -2.31. The maximum atomic E-state index is 13.7. The van der Waals surface area contributed by atoms with Crippen LogP contribution in [0.1, 0.15) is 18.5 Å². The predicted molar refractivity (Wildman–Crippen MR) is 58.9 cm³/mol. The van der Waals surface area contributed by atoms with E-state index in [0.29, 0.717) is 18.6 Å². The van der Waals surface area contributed by atoms with Crippen molar-refractivity contribution in [1.82, 2.24) is 9.78 Å². The summed E-state index contributed by atoms with van der Waals surface area (Å²) >= 11 is 0. The molecule has 1 saturated heterocycles. The molecule has 0 atom stereocenters. The highest BCUT2D eigenvalue weighted by molar-refractivity contribution is 5.80. The third kappa shape index (κ3) is 1.33. The van der Waals surface area contributed by atoms with Gasteiger partial charge in [0.1, 0.15) is 5.82 Å². The SMILES string of the molecule is CCc1cc(F)c2cnn(C3COC3)c2c1. The first-order chi connectivity index (χ1) is 7.79. The molecule has 0 saturated carbocycles. The molecule has 0 radical (unpaired) electrons. The predicted octanol–water partition coefficient (Wildman–Crippen LogP) is 2.31. The van der Waals surface area contributed by atoms with Crippen LogP contribution in [0.2, 0.25) is 0 Å². The number of fused-ring (bicyclic) bond motifs is 1. The van der Waals surface area contributed by atoms with Gasteiger partial charge in [-0.3, -0.25) is 4.68 Å². The van der Waals surface area contributed by atoms with Gasteiger partial charge in [-0.15, -0.1) is 0 Å². The van der Waals surface area contributed by atoms with E-state index in [1.54, 1.807) is 12.3 Å². The lowest BCUT2D eigenvalue weighted by atomic mass is 10.1. The molecule has 16 heavy (non-hydrogen) atoms. The number of ether oxygens (including phenoxy) is 1. The van der Waals surface area contributed by atoms with Crippen molar-refractivity contribution in [3.8, 4) is 0 Å². The number of hydrogen-bond donors (Lipinski definition) is 0. The van der Waals surface area contributed by atoms with Crippen molar-refractivity contribution in [2.45, 2.75) is 19.4 Å². The van der Waals surface area contributed by atoms with Crippen molar-refractivity contribution in [3.63, 3.8) is 0 Å². The lowest BCUT2D eigenvalue weighted by molar-refractivity contribution is -0.0266. The average molecular weight is 220 g/mol. The van der Waals surface area contributed by atoms with Gasteiger partial charge in [-0.1, -0.05) is 6.92 Å². The van der Waals surface area contributed by atoms with Crippen LogP contribution in [0.15, 0.2) is 18.3 Å². The van der Waals surface area contributed by atoms with Crippen molar-refractivity contribution >= 4 is 10.9 Å². The van der Waals surface area contributed by atoms with E-state index in [1.165, 1.54) is 0 Å². The summed E-state index contributed by atoms with van der Waals surface area (Å²) in [7, 11) is 0. The van der Waals surface area contributed by atoms with Gasteiger partial charge in [0.15, 0.2) is 0 Å². The number of aromatic nitrogens is 2. The summed E-state index contributed by atoms with van der Waals surface area (Å²) in [5.41, 5.74) is 1.89. The second-order valence-electron chi connectivity index (χ2n) is 4.14. The Morgan fingerprint density at radius 3 is 2.94 bits per heavy atom. The molecule has 1 aliphatic heterocycles. The van der Waals surface area contributed by atoms with Gasteiger partial charge in [-0.25, -0.2) is 4.39 Å². The lowest BCUT2D eigenvalue weighted by Gasteiger charge is -2.26. The standard InChI is InChI=1S/C12H13FN2O/c1-2-8-3-11(13)10-5-14-15(12(10)4-8)9-6-16-7-9/h3-5,9H,2,6-7H2,1H3. The van der Waals surface area contributed by atoms with Crippen LogP contribution in [-0.2, 0) is 11.2 Å². The molecule has 0 unspecified atom stereocenters. The molecule has 2 aromatic rings. The van der Waals surface area contributed by atoms with Gasteiger partial charge in [0, 0.05) is 0 Å². The van der Waals surface area contributed by atoms with Crippen LogP contribution in [0.5, 0.6) is 0 Å². The summed E-state index contributed by atoms with van der Waals surface area (Å²) in [5, 5.41) is 4.85. The van der Waals surface area contributed by atoms with Crippen molar-refractivity contribution < 1.29 is 9.13 Å². The molecule has 1 aromatic heterocycles. The molecular formula is C12H13FN2O. The second kappa shape index (κ2) is 3.56. The zero-order chi connectivity index (χ0) is 11.1. The Kier molecular flexibility index (Phi) is 2.17. The van der Waals surface area contributed by atoms with Crippen LogP contribution in [0, 0.1) is 5.82 Å². The molecule has 0 aliphatic carbocycles. The Labute approximate surface area is 92.8 Å². The monoisotopic (exact) mass is 220 g/mol. The van der Waals surface area contributed by atoms with Gasteiger partial charge >= 0.3 is 0 Å². The zero-order valence-electron chi connectivity index (χ0n) is 9.11. The maximum absolute atomic E-state index is 13.7. The number of rotatable bonds is 2. The molecule has 4 heteroatoms. The molecule has 3 rings (SSSR count). The fourth-order valence-corrected chi connectivity index (χ4v) is 2.02. The van der Waals surface area contributed by atoms with Gasteiger partial charge in [0.25, 0.3) is 0 Å². The fraction of sp³-hybridized carbons (Fsp3) is 0.417. The van der Waals surface area contributed by atoms with Crippen molar-refractivity contribution in [3.05, 3.63) is 29.7 Å². The Bertz CT molecular complexity index is 531. The fourth-order valence-electron chi connectivity index (χ4n) is 2.02. The highest BCUT2D eigenvalue weighted by Gasteiger charge is 2.23. The van der Waals surface area contributed by atoms with Gasteiger partial charge < -0.3 is 4.74 Å². The van der Waals surface area contributed by atoms with E-state index >= 15 is 0 Å². The van der Waals surface area contributed by atoms with Gasteiger partial charge in [0.05, 0.1) is 36.4 Å². The first kappa shape index (κ1) is 9.78. The largest absolute Gasteiger partial charge is 0.377 e. The molecule has 0 amide bonds. The molecule has 2 heterocycles. The summed E-state index contributed by atoms with van der Waals surface area (Å²) < 4.78 is 20.8. The Balaban J connectivity index is 2.19. The van der Waals surface area contributed by atoms with Crippen LogP contribution in [0.3, 0.4) is 0 Å². The Hall–Kier alpha value is -1.42. The number of aryl methyl sites for hydroxylation is 1. The summed E-state index contributed by atoms with van der Waals surface area (Å²) in [6.45, 7) is 3.37. The molecule has 1 aliphatic rings. The van der Waals surface area contributed by atoms with Gasteiger partial charge in [-0.05, 0) is 24.1 Å². The van der Waals surface area contributed by atoms with Crippen molar-refractivity contribution in [2.24, 2.45) is 0 Å². The zero-order valence-corrected chi connectivity index (χ0v) is 9.11. The smallest absolute Gasteiger partial charge is 0.134 e. The highest BCUT2D eigenvalue weighted by Crippen LogP contribution is 2.25. The van der Waals surface area contributed by atoms with Crippen molar-refractivity contribution in [1.29, 1.82) is 0 Å². The van der Waals surface area contributed by atoms with E-state index in [9.17, 15) is 4.39 Å². The quantitative estimate of drug-likeness (QED) is 0.776. The van der Waals surface area contributed by atoms with E-state index in [2.05, 4.69) is 5.10 Å². The van der Waals surface area contributed by atoms with E-state index in [-0.39, 0.29) is 11.9 Å². The minimum atomic E-state index is -0.180. The molecule has 0 spiro atoms. The molecule has 0 N–H and O–H groups in total. The first-order valence-electron chi connectivity index (χ1n) is 5.53.